The fraction of sp³-hybridized carbons (Fsp3) is 0.0164. The van der Waals surface area contributed by atoms with Gasteiger partial charge in [-0.3, -0.25) is 0 Å². The van der Waals surface area contributed by atoms with Crippen LogP contribution in [0.3, 0.4) is 0 Å². The normalized spacial score (nSPS) is 11.5. The van der Waals surface area contributed by atoms with Crippen LogP contribution in [0.4, 0.5) is 17.1 Å². The number of nitrogens with zero attached hydrogens (tertiary/aromatic N) is 2. The quantitative estimate of drug-likeness (QED) is 0.125. The largest absolute Gasteiger partial charge is 0.310 e. The van der Waals surface area contributed by atoms with Crippen molar-refractivity contribution in [3.8, 4) is 27.9 Å². The topological polar surface area (TPSA) is 8.17 Å². The van der Waals surface area contributed by atoms with Gasteiger partial charge in [0, 0.05) is 33.5 Å². The maximum absolute atomic E-state index is 2.38. The minimum absolute atomic E-state index is 0.532. The number of anilines is 3. The van der Waals surface area contributed by atoms with Crippen LogP contribution in [0, 0.1) is 0 Å². The summed E-state index contributed by atoms with van der Waals surface area (Å²) >= 11 is 0. The van der Waals surface area contributed by atoms with Crippen LogP contribution in [0.25, 0.3) is 49.7 Å². The van der Waals surface area contributed by atoms with Gasteiger partial charge in [-0.25, -0.2) is 0 Å². The Kier molecular flexibility index (Phi) is 9.80. The summed E-state index contributed by atoms with van der Waals surface area (Å²) in [5.41, 5.74) is 15.8. The minimum atomic E-state index is -0.532. The van der Waals surface area contributed by atoms with Gasteiger partial charge < -0.3 is 9.47 Å². The molecule has 0 spiro atoms. The van der Waals surface area contributed by atoms with Crippen LogP contribution in [0.5, 0.6) is 0 Å². The lowest BCUT2D eigenvalue weighted by Gasteiger charge is -2.37. The fourth-order valence-corrected chi connectivity index (χ4v) is 9.66. The van der Waals surface area contributed by atoms with Crippen LogP contribution < -0.4 is 4.90 Å². The first-order valence-corrected chi connectivity index (χ1v) is 21.7. The molecule has 0 fully saturated rings. The Morgan fingerprint density at radius 2 is 0.667 bits per heavy atom. The molecule has 11 aromatic rings. The van der Waals surface area contributed by atoms with Crippen LogP contribution >= 0.6 is 0 Å². The molecule has 1 heterocycles. The predicted octanol–water partition coefficient (Wildman–Crippen LogP) is 16.0. The molecule has 0 aliphatic heterocycles. The molecule has 2 nitrogen and oxygen atoms in total. The summed E-state index contributed by atoms with van der Waals surface area (Å²) in [5, 5.41) is 2.52. The summed E-state index contributed by atoms with van der Waals surface area (Å²) in [6, 6.07) is 96.8. The number of fused-ring (bicyclic) bond motifs is 3. The molecule has 2 heteroatoms. The molecule has 0 atom stereocenters. The van der Waals surface area contributed by atoms with E-state index in [9.17, 15) is 0 Å². The summed E-state index contributed by atoms with van der Waals surface area (Å²) in [7, 11) is 0. The lowest BCUT2D eigenvalue weighted by atomic mass is 9.65. The summed E-state index contributed by atoms with van der Waals surface area (Å²) in [4.78, 5) is 2.38. The Bertz CT molecular complexity index is 3150. The van der Waals surface area contributed by atoms with Crippen molar-refractivity contribution < 1.29 is 0 Å². The average molecular weight is 805 g/mol. The second-order valence-corrected chi connectivity index (χ2v) is 16.1. The van der Waals surface area contributed by atoms with Gasteiger partial charge in [0.15, 0.2) is 0 Å². The van der Waals surface area contributed by atoms with Gasteiger partial charge in [-0.1, -0.05) is 206 Å². The van der Waals surface area contributed by atoms with Gasteiger partial charge in [-0.2, -0.15) is 0 Å². The summed E-state index contributed by atoms with van der Waals surface area (Å²) < 4.78 is 2.38. The van der Waals surface area contributed by atoms with E-state index in [0.717, 1.165) is 28.3 Å². The van der Waals surface area contributed by atoms with E-state index in [-0.39, 0.29) is 0 Å². The number of hydrogen-bond donors (Lipinski definition) is 0. The van der Waals surface area contributed by atoms with Gasteiger partial charge in [-0.15, -0.1) is 0 Å². The van der Waals surface area contributed by atoms with E-state index in [0.29, 0.717) is 0 Å². The van der Waals surface area contributed by atoms with Gasteiger partial charge in [0.2, 0.25) is 0 Å². The molecule has 0 amide bonds. The average Bonchev–Trinajstić information content (AvgIpc) is 3.71. The first kappa shape index (κ1) is 37.8. The number of hydrogen-bond acceptors (Lipinski definition) is 1. The maximum atomic E-state index is 2.38. The van der Waals surface area contributed by atoms with Crippen LogP contribution in [0.1, 0.15) is 22.3 Å². The van der Waals surface area contributed by atoms with Crippen molar-refractivity contribution in [1.82, 2.24) is 4.57 Å². The van der Waals surface area contributed by atoms with Crippen molar-refractivity contribution in [2.24, 2.45) is 0 Å². The van der Waals surface area contributed by atoms with E-state index < -0.39 is 5.41 Å². The number of rotatable bonds is 10. The Hall–Kier alpha value is -8.20. The Labute approximate surface area is 369 Å². The number of benzene rings is 10. The molecule has 0 N–H and O–H groups in total. The second kappa shape index (κ2) is 16.3. The summed E-state index contributed by atoms with van der Waals surface area (Å²) in [6.45, 7) is 0. The highest BCUT2D eigenvalue weighted by atomic mass is 15.1. The molecule has 0 radical (unpaired) electrons. The van der Waals surface area contributed by atoms with E-state index in [2.05, 4.69) is 276 Å². The molecule has 298 valence electrons. The van der Waals surface area contributed by atoms with Crippen LogP contribution in [-0.4, -0.2) is 4.57 Å². The molecule has 0 bridgehead atoms. The first-order valence-electron chi connectivity index (χ1n) is 21.7. The fourth-order valence-electron chi connectivity index (χ4n) is 9.66. The molecule has 0 aliphatic carbocycles. The van der Waals surface area contributed by atoms with E-state index in [1.807, 2.05) is 0 Å². The Morgan fingerprint density at radius 3 is 1.21 bits per heavy atom. The van der Waals surface area contributed by atoms with E-state index in [1.165, 1.54) is 60.8 Å². The van der Waals surface area contributed by atoms with Crippen molar-refractivity contribution >= 4 is 38.9 Å². The molecular formula is C61H44N2. The zero-order chi connectivity index (χ0) is 42.0. The zero-order valence-corrected chi connectivity index (χ0v) is 34.8. The van der Waals surface area contributed by atoms with E-state index >= 15 is 0 Å². The predicted molar refractivity (Wildman–Crippen MR) is 265 cm³/mol. The zero-order valence-electron chi connectivity index (χ0n) is 34.8. The molecule has 11 rings (SSSR count). The van der Waals surface area contributed by atoms with E-state index in [1.54, 1.807) is 0 Å². The van der Waals surface area contributed by atoms with Crippen molar-refractivity contribution in [3.63, 3.8) is 0 Å². The van der Waals surface area contributed by atoms with Gasteiger partial charge in [0.05, 0.1) is 16.4 Å². The first-order chi connectivity index (χ1) is 31.3. The minimum Gasteiger partial charge on any atom is -0.310 e. The van der Waals surface area contributed by atoms with Crippen molar-refractivity contribution in [2.75, 3.05) is 4.90 Å². The van der Waals surface area contributed by atoms with Crippen molar-refractivity contribution in [2.45, 2.75) is 5.41 Å². The lowest BCUT2D eigenvalue weighted by Crippen LogP contribution is -2.31. The van der Waals surface area contributed by atoms with E-state index in [4.69, 9.17) is 0 Å². The van der Waals surface area contributed by atoms with Crippen LogP contribution in [0.2, 0.25) is 0 Å². The van der Waals surface area contributed by atoms with Gasteiger partial charge in [-0.05, 0) is 105 Å². The standard InChI is InChI=1S/C61H44N2/c1-5-19-45(20-6-1)47-21-17-29-55(43-47)62(54-41-37-52(38-42-54)61(49-23-7-2-8-24-49,50-25-9-3-10-26-50)51-27-11-4-12-28-51)53-39-35-46(36-40-53)48-22-18-30-56(44-48)63-59-33-15-13-31-57(59)58-32-14-16-34-60(58)63/h1-44H. The molecule has 0 saturated heterocycles. The lowest BCUT2D eigenvalue weighted by molar-refractivity contribution is 0.745. The van der Waals surface area contributed by atoms with Crippen molar-refractivity contribution in [1.29, 1.82) is 0 Å². The Balaban J connectivity index is 1.03. The number of para-hydroxylation sites is 2. The highest BCUT2D eigenvalue weighted by Gasteiger charge is 2.38. The molecule has 63 heavy (non-hydrogen) atoms. The monoisotopic (exact) mass is 804 g/mol. The Morgan fingerprint density at radius 1 is 0.270 bits per heavy atom. The van der Waals surface area contributed by atoms with Crippen LogP contribution in [0.15, 0.2) is 267 Å². The molecule has 0 aliphatic rings. The number of aromatic nitrogens is 1. The molecule has 0 saturated carbocycles. The van der Waals surface area contributed by atoms with Crippen molar-refractivity contribution in [3.05, 3.63) is 289 Å². The highest BCUT2D eigenvalue weighted by Crippen LogP contribution is 2.46. The third-order valence-corrected chi connectivity index (χ3v) is 12.5. The maximum Gasteiger partial charge on any atom is 0.0701 e. The third kappa shape index (κ3) is 6.79. The smallest absolute Gasteiger partial charge is 0.0701 e. The van der Waals surface area contributed by atoms with Gasteiger partial charge >= 0.3 is 0 Å². The summed E-state index contributed by atoms with van der Waals surface area (Å²) in [6.07, 6.45) is 0. The highest BCUT2D eigenvalue weighted by molar-refractivity contribution is 6.09. The SMILES string of the molecule is c1ccc(-c2cccc(N(c3ccc(-c4cccc(-n5c6ccccc6c6ccccc65)c4)cc3)c3ccc(C(c4ccccc4)(c4ccccc4)c4ccccc4)cc3)c2)cc1. The molecular weight excluding hydrogens is 761 g/mol. The second-order valence-electron chi connectivity index (χ2n) is 16.1. The molecule has 1 aromatic heterocycles. The van der Waals surface area contributed by atoms with Gasteiger partial charge in [0.1, 0.15) is 0 Å². The molecule has 0 unspecified atom stereocenters. The van der Waals surface area contributed by atoms with Crippen LogP contribution in [-0.2, 0) is 5.41 Å². The van der Waals surface area contributed by atoms with Gasteiger partial charge in [0.25, 0.3) is 0 Å². The summed E-state index contributed by atoms with van der Waals surface area (Å²) in [5.74, 6) is 0. The molecule has 10 aromatic carbocycles. The third-order valence-electron chi connectivity index (χ3n) is 12.5.